The molecule has 1 aromatic rings. The van der Waals surface area contributed by atoms with Crippen molar-refractivity contribution in [2.24, 2.45) is 5.73 Å². The van der Waals surface area contributed by atoms with Crippen molar-refractivity contribution in [1.82, 2.24) is 0 Å². The molecule has 0 fully saturated rings. The summed E-state index contributed by atoms with van der Waals surface area (Å²) in [5.41, 5.74) is 7.59. The average Bonchev–Trinajstić information content (AvgIpc) is 2.27. The number of hydrogen-bond acceptors (Lipinski definition) is 3. The molecule has 0 saturated heterocycles. The maximum absolute atomic E-state index is 11.8. The van der Waals surface area contributed by atoms with Gasteiger partial charge < -0.3 is 10.5 Å². The van der Waals surface area contributed by atoms with Crippen LogP contribution in [0, 0.1) is 0 Å². The lowest BCUT2D eigenvalue weighted by Crippen LogP contribution is -2.38. The number of nitrogens with two attached hydrogens (primary N) is 1. The highest BCUT2D eigenvalue weighted by atomic mass is 16.6. The van der Waals surface area contributed by atoms with Crippen molar-refractivity contribution < 1.29 is 9.53 Å². The highest BCUT2D eigenvalue weighted by molar-refractivity contribution is 5.76. The van der Waals surface area contributed by atoms with Crippen molar-refractivity contribution >= 4 is 5.97 Å². The Morgan fingerprint density at radius 3 is 2.63 bits per heavy atom. The van der Waals surface area contributed by atoms with E-state index in [4.69, 9.17) is 10.5 Å². The topological polar surface area (TPSA) is 52.3 Å². The second kappa shape index (κ2) is 6.53. The SMILES string of the molecule is C=CCc1cccc(C[C@H](N)C(=O)OC(C)(C)C)c1. The summed E-state index contributed by atoms with van der Waals surface area (Å²) in [7, 11) is 0. The Kier molecular flexibility index (Phi) is 5.31. The van der Waals surface area contributed by atoms with Gasteiger partial charge in [-0.25, -0.2) is 0 Å². The van der Waals surface area contributed by atoms with E-state index in [1.165, 1.54) is 5.56 Å². The van der Waals surface area contributed by atoms with Crippen molar-refractivity contribution in [3.8, 4) is 0 Å². The summed E-state index contributed by atoms with van der Waals surface area (Å²) in [5, 5.41) is 0. The Morgan fingerprint density at radius 1 is 1.42 bits per heavy atom. The van der Waals surface area contributed by atoms with Crippen molar-refractivity contribution in [2.75, 3.05) is 0 Å². The van der Waals surface area contributed by atoms with Gasteiger partial charge in [0.05, 0.1) is 0 Å². The lowest BCUT2D eigenvalue weighted by Gasteiger charge is -2.22. The molecule has 1 atom stereocenters. The van der Waals surface area contributed by atoms with E-state index in [0.29, 0.717) is 6.42 Å². The summed E-state index contributed by atoms with van der Waals surface area (Å²) < 4.78 is 5.27. The molecule has 0 amide bonds. The van der Waals surface area contributed by atoms with E-state index in [1.807, 2.05) is 51.1 Å². The zero-order chi connectivity index (χ0) is 14.5. The monoisotopic (exact) mass is 261 g/mol. The molecule has 0 aliphatic carbocycles. The maximum Gasteiger partial charge on any atom is 0.323 e. The third-order valence-corrected chi connectivity index (χ3v) is 2.54. The predicted molar refractivity (Wildman–Crippen MR) is 77.9 cm³/mol. The van der Waals surface area contributed by atoms with Crippen LogP contribution in [0.2, 0.25) is 0 Å². The second-order valence-electron chi connectivity index (χ2n) is 5.66. The molecular weight excluding hydrogens is 238 g/mol. The van der Waals surface area contributed by atoms with Gasteiger partial charge in [0.25, 0.3) is 0 Å². The van der Waals surface area contributed by atoms with E-state index < -0.39 is 11.6 Å². The van der Waals surface area contributed by atoms with Gasteiger partial charge in [-0.1, -0.05) is 30.3 Å². The van der Waals surface area contributed by atoms with Gasteiger partial charge in [0.1, 0.15) is 11.6 Å². The fourth-order valence-corrected chi connectivity index (χ4v) is 1.76. The number of benzene rings is 1. The van der Waals surface area contributed by atoms with E-state index in [1.54, 1.807) is 0 Å². The molecule has 3 nitrogen and oxygen atoms in total. The number of hydrogen-bond donors (Lipinski definition) is 1. The first kappa shape index (κ1) is 15.4. The highest BCUT2D eigenvalue weighted by Crippen LogP contribution is 2.12. The van der Waals surface area contributed by atoms with Crippen LogP contribution in [0.5, 0.6) is 0 Å². The number of ether oxygens (including phenoxy) is 1. The average molecular weight is 261 g/mol. The number of allylic oxidation sites excluding steroid dienone is 1. The number of rotatable bonds is 5. The molecule has 0 radical (unpaired) electrons. The zero-order valence-corrected chi connectivity index (χ0v) is 12.0. The van der Waals surface area contributed by atoms with Gasteiger partial charge in [-0.05, 0) is 44.7 Å². The number of esters is 1. The summed E-state index contributed by atoms with van der Waals surface area (Å²) in [6.45, 7) is 9.22. The molecule has 1 aromatic carbocycles. The predicted octanol–water partition coefficient (Wildman–Crippen LogP) is 2.63. The Balaban J connectivity index is 2.65. The quantitative estimate of drug-likeness (QED) is 0.655. The minimum atomic E-state index is -0.627. The molecule has 2 N–H and O–H groups in total. The minimum absolute atomic E-state index is 0.360. The van der Waals surface area contributed by atoms with Crippen LogP contribution < -0.4 is 5.73 Å². The first-order valence-corrected chi connectivity index (χ1v) is 6.49. The van der Waals surface area contributed by atoms with Gasteiger partial charge in [0, 0.05) is 0 Å². The summed E-state index contributed by atoms with van der Waals surface area (Å²) in [6.07, 6.45) is 3.16. The fourth-order valence-electron chi connectivity index (χ4n) is 1.76. The van der Waals surface area contributed by atoms with Crippen molar-refractivity contribution in [3.05, 3.63) is 48.0 Å². The van der Waals surface area contributed by atoms with Crippen LogP contribution in [0.25, 0.3) is 0 Å². The number of carbonyl (C=O) groups is 1. The molecule has 19 heavy (non-hydrogen) atoms. The normalized spacial score (nSPS) is 12.8. The second-order valence-corrected chi connectivity index (χ2v) is 5.66. The summed E-state index contributed by atoms with van der Waals surface area (Å²) >= 11 is 0. The highest BCUT2D eigenvalue weighted by Gasteiger charge is 2.22. The molecule has 0 aliphatic rings. The van der Waals surface area contributed by atoms with Gasteiger partial charge in [-0.2, -0.15) is 0 Å². The van der Waals surface area contributed by atoms with Crippen molar-refractivity contribution in [2.45, 2.75) is 45.3 Å². The first-order valence-electron chi connectivity index (χ1n) is 6.49. The lowest BCUT2D eigenvalue weighted by atomic mass is 10.0. The zero-order valence-electron chi connectivity index (χ0n) is 12.0. The molecule has 0 aromatic heterocycles. The molecular formula is C16H23NO2. The minimum Gasteiger partial charge on any atom is -0.459 e. The van der Waals surface area contributed by atoms with E-state index in [0.717, 1.165) is 12.0 Å². The Hall–Kier alpha value is -1.61. The van der Waals surface area contributed by atoms with Gasteiger partial charge in [-0.3, -0.25) is 4.79 Å². The van der Waals surface area contributed by atoms with Crippen LogP contribution in [0.1, 0.15) is 31.9 Å². The van der Waals surface area contributed by atoms with E-state index in [2.05, 4.69) is 6.58 Å². The van der Waals surface area contributed by atoms with Gasteiger partial charge in [0.15, 0.2) is 0 Å². The van der Waals surface area contributed by atoms with Crippen LogP contribution in [0.15, 0.2) is 36.9 Å². The molecule has 0 aliphatic heterocycles. The molecule has 3 heteroatoms. The van der Waals surface area contributed by atoms with Crippen molar-refractivity contribution in [3.63, 3.8) is 0 Å². The smallest absolute Gasteiger partial charge is 0.323 e. The Labute approximate surface area is 115 Å². The van der Waals surface area contributed by atoms with Crippen LogP contribution >= 0.6 is 0 Å². The lowest BCUT2D eigenvalue weighted by molar-refractivity contribution is -0.156. The molecule has 1 rings (SSSR count). The van der Waals surface area contributed by atoms with E-state index in [-0.39, 0.29) is 5.97 Å². The molecule has 0 unspecified atom stereocenters. The van der Waals surface area contributed by atoms with Crippen LogP contribution in [-0.2, 0) is 22.4 Å². The summed E-state index contributed by atoms with van der Waals surface area (Å²) in [6, 6.07) is 7.39. The van der Waals surface area contributed by atoms with Crippen LogP contribution in [0.3, 0.4) is 0 Å². The first-order chi connectivity index (χ1) is 8.81. The maximum atomic E-state index is 11.8. The summed E-state index contributed by atoms with van der Waals surface area (Å²) in [5.74, 6) is -0.360. The Morgan fingerprint density at radius 2 is 2.05 bits per heavy atom. The molecule has 0 spiro atoms. The third kappa shape index (κ3) is 5.71. The van der Waals surface area contributed by atoms with Gasteiger partial charge >= 0.3 is 5.97 Å². The van der Waals surface area contributed by atoms with Crippen LogP contribution in [-0.4, -0.2) is 17.6 Å². The molecule has 0 heterocycles. The fraction of sp³-hybridized carbons (Fsp3) is 0.438. The van der Waals surface area contributed by atoms with E-state index in [9.17, 15) is 4.79 Å². The molecule has 0 bridgehead atoms. The van der Waals surface area contributed by atoms with Crippen LogP contribution in [0.4, 0.5) is 0 Å². The molecule has 104 valence electrons. The Bertz CT molecular complexity index is 446. The standard InChI is InChI=1S/C16H23NO2/c1-5-7-12-8-6-9-13(10-12)11-14(17)15(18)19-16(2,3)4/h5-6,8-10,14H,1,7,11,17H2,2-4H3/t14-/m0/s1. The van der Waals surface area contributed by atoms with Crippen molar-refractivity contribution in [1.29, 1.82) is 0 Å². The third-order valence-electron chi connectivity index (χ3n) is 2.54. The van der Waals surface area contributed by atoms with Gasteiger partial charge in [0.2, 0.25) is 0 Å². The number of carbonyl (C=O) groups excluding carboxylic acids is 1. The largest absolute Gasteiger partial charge is 0.459 e. The van der Waals surface area contributed by atoms with Gasteiger partial charge in [-0.15, -0.1) is 6.58 Å². The van der Waals surface area contributed by atoms with E-state index >= 15 is 0 Å². The summed E-state index contributed by atoms with van der Waals surface area (Å²) in [4.78, 5) is 11.8. The molecule has 0 saturated carbocycles.